The molecule has 0 saturated carbocycles. The standard InChI is InChI=1S/C13H16FNO3/c1-3-7-18-13(17)9(2)15-12(16)10-5-4-6-11(14)8-10/h4-6,8-9H,3,7H2,1-2H3,(H,15,16)/t9-/m0/s1. The maximum Gasteiger partial charge on any atom is 0.328 e. The summed E-state index contributed by atoms with van der Waals surface area (Å²) in [6, 6.07) is 4.51. The van der Waals surface area contributed by atoms with Crippen LogP contribution in [0.5, 0.6) is 0 Å². The minimum Gasteiger partial charge on any atom is -0.464 e. The van der Waals surface area contributed by atoms with Gasteiger partial charge in [-0.2, -0.15) is 0 Å². The number of ether oxygens (including phenoxy) is 1. The van der Waals surface area contributed by atoms with Gasteiger partial charge in [0, 0.05) is 5.56 Å². The number of carbonyl (C=O) groups excluding carboxylic acids is 2. The number of esters is 1. The lowest BCUT2D eigenvalue weighted by molar-refractivity contribution is -0.145. The second-order valence-electron chi connectivity index (χ2n) is 3.87. The molecule has 1 rings (SSSR count). The van der Waals surface area contributed by atoms with E-state index in [0.29, 0.717) is 6.61 Å². The fourth-order valence-corrected chi connectivity index (χ4v) is 1.30. The average Bonchev–Trinajstić information content (AvgIpc) is 2.35. The van der Waals surface area contributed by atoms with E-state index in [9.17, 15) is 14.0 Å². The zero-order valence-corrected chi connectivity index (χ0v) is 10.4. The molecule has 98 valence electrons. The fourth-order valence-electron chi connectivity index (χ4n) is 1.30. The monoisotopic (exact) mass is 253 g/mol. The predicted octanol–water partition coefficient (Wildman–Crippen LogP) is 1.90. The first kappa shape index (κ1) is 14.2. The molecule has 0 saturated heterocycles. The lowest BCUT2D eigenvalue weighted by Gasteiger charge is -2.13. The van der Waals surface area contributed by atoms with Crippen molar-refractivity contribution in [1.82, 2.24) is 5.32 Å². The van der Waals surface area contributed by atoms with Crippen LogP contribution in [0, 0.1) is 5.82 Å². The summed E-state index contributed by atoms with van der Waals surface area (Å²) in [5.74, 6) is -1.50. The minimum atomic E-state index is -0.757. The molecule has 1 atom stereocenters. The van der Waals surface area contributed by atoms with Gasteiger partial charge in [0.25, 0.3) is 5.91 Å². The van der Waals surface area contributed by atoms with Crippen molar-refractivity contribution in [2.24, 2.45) is 0 Å². The van der Waals surface area contributed by atoms with Crippen LogP contribution < -0.4 is 5.32 Å². The zero-order chi connectivity index (χ0) is 13.5. The lowest BCUT2D eigenvalue weighted by Crippen LogP contribution is -2.39. The molecule has 0 unspecified atom stereocenters. The molecule has 18 heavy (non-hydrogen) atoms. The fraction of sp³-hybridized carbons (Fsp3) is 0.385. The Kier molecular flexibility index (Phi) is 5.30. The SMILES string of the molecule is CCCOC(=O)[C@H](C)NC(=O)c1cccc(F)c1. The van der Waals surface area contributed by atoms with Gasteiger partial charge < -0.3 is 10.1 Å². The van der Waals surface area contributed by atoms with E-state index in [1.807, 2.05) is 6.92 Å². The molecule has 0 aliphatic heterocycles. The van der Waals surface area contributed by atoms with E-state index < -0.39 is 23.7 Å². The Labute approximate surface area is 105 Å². The Hall–Kier alpha value is -1.91. The van der Waals surface area contributed by atoms with Crippen molar-refractivity contribution < 1.29 is 18.7 Å². The summed E-state index contributed by atoms with van der Waals surface area (Å²) in [7, 11) is 0. The highest BCUT2D eigenvalue weighted by molar-refractivity contribution is 5.96. The van der Waals surface area contributed by atoms with Crippen molar-refractivity contribution in [3.63, 3.8) is 0 Å². The summed E-state index contributed by atoms with van der Waals surface area (Å²) >= 11 is 0. The first-order valence-corrected chi connectivity index (χ1v) is 5.77. The van der Waals surface area contributed by atoms with Gasteiger partial charge in [-0.25, -0.2) is 9.18 Å². The molecule has 4 nitrogen and oxygen atoms in total. The largest absolute Gasteiger partial charge is 0.464 e. The van der Waals surface area contributed by atoms with Gasteiger partial charge in [-0.1, -0.05) is 13.0 Å². The molecular weight excluding hydrogens is 237 g/mol. The Morgan fingerprint density at radius 2 is 2.17 bits per heavy atom. The molecule has 0 bridgehead atoms. The first-order chi connectivity index (χ1) is 8.54. The molecule has 1 N–H and O–H groups in total. The van der Waals surface area contributed by atoms with Gasteiger partial charge >= 0.3 is 5.97 Å². The quantitative estimate of drug-likeness (QED) is 0.815. The van der Waals surface area contributed by atoms with Crippen LogP contribution in [-0.4, -0.2) is 24.5 Å². The molecule has 0 aromatic heterocycles. The molecule has 0 heterocycles. The van der Waals surface area contributed by atoms with Crippen LogP contribution in [0.25, 0.3) is 0 Å². The van der Waals surface area contributed by atoms with Gasteiger partial charge in [0.2, 0.25) is 0 Å². The summed E-state index contributed by atoms with van der Waals surface area (Å²) in [6.45, 7) is 3.72. The van der Waals surface area contributed by atoms with E-state index in [2.05, 4.69) is 5.32 Å². The van der Waals surface area contributed by atoms with Crippen molar-refractivity contribution in [2.75, 3.05) is 6.61 Å². The summed E-state index contributed by atoms with van der Waals surface area (Å²) < 4.78 is 17.8. The number of rotatable bonds is 5. The molecule has 0 spiro atoms. The molecule has 0 aliphatic rings. The predicted molar refractivity (Wildman–Crippen MR) is 64.6 cm³/mol. The highest BCUT2D eigenvalue weighted by Crippen LogP contribution is 2.04. The summed E-state index contributed by atoms with van der Waals surface area (Å²) in [5, 5.41) is 2.45. The molecule has 1 aromatic rings. The lowest BCUT2D eigenvalue weighted by atomic mass is 10.2. The molecule has 1 aromatic carbocycles. The highest BCUT2D eigenvalue weighted by atomic mass is 19.1. The molecule has 0 radical (unpaired) electrons. The van der Waals surface area contributed by atoms with E-state index in [4.69, 9.17) is 4.74 Å². The van der Waals surface area contributed by atoms with E-state index in [0.717, 1.165) is 12.5 Å². The molecule has 5 heteroatoms. The smallest absolute Gasteiger partial charge is 0.328 e. The molecular formula is C13H16FNO3. The Morgan fingerprint density at radius 1 is 1.44 bits per heavy atom. The second kappa shape index (κ2) is 6.74. The van der Waals surface area contributed by atoms with Crippen molar-refractivity contribution in [3.8, 4) is 0 Å². The van der Waals surface area contributed by atoms with Gasteiger partial charge in [-0.15, -0.1) is 0 Å². The first-order valence-electron chi connectivity index (χ1n) is 5.77. The van der Waals surface area contributed by atoms with Gasteiger partial charge in [-0.3, -0.25) is 4.79 Å². The summed E-state index contributed by atoms with van der Waals surface area (Å²) in [4.78, 5) is 23.1. The number of hydrogen-bond acceptors (Lipinski definition) is 3. The zero-order valence-electron chi connectivity index (χ0n) is 10.4. The van der Waals surface area contributed by atoms with E-state index >= 15 is 0 Å². The van der Waals surface area contributed by atoms with Crippen LogP contribution in [0.4, 0.5) is 4.39 Å². The van der Waals surface area contributed by atoms with Crippen molar-refractivity contribution in [2.45, 2.75) is 26.3 Å². The normalized spacial score (nSPS) is 11.7. The van der Waals surface area contributed by atoms with Gasteiger partial charge in [-0.05, 0) is 31.5 Å². The van der Waals surface area contributed by atoms with Gasteiger partial charge in [0.05, 0.1) is 6.61 Å². The summed E-state index contributed by atoms with van der Waals surface area (Å²) in [6.07, 6.45) is 0.719. The van der Waals surface area contributed by atoms with Crippen LogP contribution >= 0.6 is 0 Å². The van der Waals surface area contributed by atoms with Crippen LogP contribution in [-0.2, 0) is 9.53 Å². The van der Waals surface area contributed by atoms with E-state index in [1.165, 1.54) is 25.1 Å². The van der Waals surface area contributed by atoms with E-state index in [1.54, 1.807) is 0 Å². The van der Waals surface area contributed by atoms with Crippen LogP contribution in [0.3, 0.4) is 0 Å². The maximum absolute atomic E-state index is 12.9. The minimum absolute atomic E-state index is 0.171. The van der Waals surface area contributed by atoms with Crippen molar-refractivity contribution in [3.05, 3.63) is 35.6 Å². The number of amides is 1. The molecule has 1 amide bonds. The Morgan fingerprint density at radius 3 is 2.78 bits per heavy atom. The second-order valence-corrected chi connectivity index (χ2v) is 3.87. The number of nitrogens with one attached hydrogen (secondary N) is 1. The number of halogens is 1. The third kappa shape index (κ3) is 4.16. The van der Waals surface area contributed by atoms with Crippen molar-refractivity contribution in [1.29, 1.82) is 0 Å². The third-order valence-electron chi connectivity index (χ3n) is 2.24. The van der Waals surface area contributed by atoms with E-state index in [-0.39, 0.29) is 5.56 Å². The maximum atomic E-state index is 12.9. The number of benzene rings is 1. The van der Waals surface area contributed by atoms with Crippen LogP contribution in [0.2, 0.25) is 0 Å². The van der Waals surface area contributed by atoms with Gasteiger partial charge in [0.15, 0.2) is 0 Å². The van der Waals surface area contributed by atoms with Crippen LogP contribution in [0.1, 0.15) is 30.6 Å². The average molecular weight is 253 g/mol. The van der Waals surface area contributed by atoms with Crippen LogP contribution in [0.15, 0.2) is 24.3 Å². The van der Waals surface area contributed by atoms with Gasteiger partial charge in [0.1, 0.15) is 11.9 Å². The molecule has 0 aliphatic carbocycles. The Balaban J connectivity index is 2.56. The summed E-state index contributed by atoms with van der Waals surface area (Å²) in [5.41, 5.74) is 0.171. The highest BCUT2D eigenvalue weighted by Gasteiger charge is 2.17. The molecule has 0 fully saturated rings. The van der Waals surface area contributed by atoms with Crippen molar-refractivity contribution >= 4 is 11.9 Å². The number of hydrogen-bond donors (Lipinski definition) is 1. The third-order valence-corrected chi connectivity index (χ3v) is 2.24. The topological polar surface area (TPSA) is 55.4 Å². The Bertz CT molecular complexity index is 434. The number of carbonyl (C=O) groups is 2.